The maximum absolute atomic E-state index is 13.0. The molecule has 2 aromatic rings. The Morgan fingerprint density at radius 2 is 1.59 bits per heavy atom. The van der Waals surface area contributed by atoms with Crippen molar-refractivity contribution in [1.82, 2.24) is 5.32 Å². The van der Waals surface area contributed by atoms with E-state index in [0.29, 0.717) is 0 Å². The first-order valence-corrected chi connectivity index (χ1v) is 10.7. The highest BCUT2D eigenvalue weighted by molar-refractivity contribution is 7.98. The van der Waals surface area contributed by atoms with E-state index in [4.69, 9.17) is 0 Å². The van der Waals surface area contributed by atoms with Crippen molar-refractivity contribution < 1.29 is 10.1 Å². The number of nitrogens with one attached hydrogen (secondary N) is 1. The molecule has 3 rings (SSSR count). The Morgan fingerprint density at radius 1 is 1.00 bits per heavy atom. The number of hydrogen-bond donors (Lipinski definition) is 2. The largest absolute Gasteiger partial charge is 0.349 e. The van der Waals surface area contributed by atoms with Gasteiger partial charge in [-0.1, -0.05) is 42.5 Å². The maximum Gasteiger partial charge on any atom is 0.252 e. The van der Waals surface area contributed by atoms with Crippen LogP contribution in [0.1, 0.15) is 56.5 Å². The van der Waals surface area contributed by atoms with Crippen molar-refractivity contribution in [2.75, 3.05) is 0 Å². The SMILES string of the molecule is CC1(C)CC(NC(=O)c2ccccc2SCc2ccccc2)CC(C)(C)[NH2+]1. The van der Waals surface area contributed by atoms with Gasteiger partial charge >= 0.3 is 0 Å². The topological polar surface area (TPSA) is 45.7 Å². The van der Waals surface area contributed by atoms with Crippen LogP contribution in [0.4, 0.5) is 0 Å². The van der Waals surface area contributed by atoms with E-state index in [1.54, 1.807) is 11.8 Å². The summed E-state index contributed by atoms with van der Waals surface area (Å²) in [6, 6.07) is 18.5. The van der Waals surface area contributed by atoms with Crippen LogP contribution in [0.3, 0.4) is 0 Å². The van der Waals surface area contributed by atoms with E-state index in [2.05, 4.69) is 62.6 Å². The lowest BCUT2D eigenvalue weighted by Crippen LogP contribution is -3.06. The average molecular weight is 384 g/mol. The summed E-state index contributed by atoms with van der Waals surface area (Å²) in [5, 5.41) is 5.75. The minimum Gasteiger partial charge on any atom is -0.349 e. The van der Waals surface area contributed by atoms with Crippen LogP contribution in [0.2, 0.25) is 0 Å². The first-order chi connectivity index (χ1) is 12.7. The molecule has 0 aromatic heterocycles. The number of thioether (sulfide) groups is 1. The van der Waals surface area contributed by atoms with Crippen molar-refractivity contribution in [3.8, 4) is 0 Å². The molecule has 1 fully saturated rings. The molecular weight excluding hydrogens is 352 g/mol. The summed E-state index contributed by atoms with van der Waals surface area (Å²) in [5.74, 6) is 0.911. The molecule has 0 saturated carbocycles. The highest BCUT2D eigenvalue weighted by atomic mass is 32.2. The molecule has 0 bridgehead atoms. The zero-order valence-corrected chi connectivity index (χ0v) is 17.6. The second-order valence-electron chi connectivity index (χ2n) is 8.97. The smallest absolute Gasteiger partial charge is 0.252 e. The molecule has 1 saturated heterocycles. The normalized spacial score (nSPS) is 18.8. The number of hydrogen-bond acceptors (Lipinski definition) is 2. The minimum absolute atomic E-state index is 0.0460. The van der Waals surface area contributed by atoms with E-state index < -0.39 is 0 Å². The Balaban J connectivity index is 1.70. The summed E-state index contributed by atoms with van der Waals surface area (Å²) in [7, 11) is 0. The number of carbonyl (C=O) groups is 1. The van der Waals surface area contributed by atoms with Crippen molar-refractivity contribution in [2.24, 2.45) is 0 Å². The number of amides is 1. The highest BCUT2D eigenvalue weighted by Crippen LogP contribution is 2.27. The molecule has 0 atom stereocenters. The molecular formula is C23H31N2OS+. The molecule has 4 heteroatoms. The van der Waals surface area contributed by atoms with E-state index in [1.165, 1.54) is 5.56 Å². The number of piperidine rings is 1. The van der Waals surface area contributed by atoms with Crippen LogP contribution < -0.4 is 10.6 Å². The fraction of sp³-hybridized carbons (Fsp3) is 0.435. The molecule has 0 radical (unpaired) electrons. The van der Waals surface area contributed by atoms with Gasteiger partial charge in [-0.2, -0.15) is 0 Å². The van der Waals surface area contributed by atoms with Gasteiger partial charge in [-0.05, 0) is 45.4 Å². The van der Waals surface area contributed by atoms with Crippen LogP contribution in [-0.4, -0.2) is 23.0 Å². The fourth-order valence-corrected chi connectivity index (χ4v) is 5.40. The lowest BCUT2D eigenvalue weighted by molar-refractivity contribution is -0.787. The van der Waals surface area contributed by atoms with Crippen molar-refractivity contribution in [2.45, 2.75) is 68.3 Å². The van der Waals surface area contributed by atoms with Gasteiger partial charge in [0.05, 0.1) is 16.6 Å². The summed E-state index contributed by atoms with van der Waals surface area (Å²) < 4.78 is 0. The first kappa shape index (κ1) is 20.0. The molecule has 3 N–H and O–H groups in total. The van der Waals surface area contributed by atoms with Crippen LogP contribution in [0.5, 0.6) is 0 Å². The molecule has 1 aliphatic heterocycles. The van der Waals surface area contributed by atoms with E-state index in [9.17, 15) is 4.79 Å². The molecule has 1 heterocycles. The Hall–Kier alpha value is -1.78. The standard InChI is InChI=1S/C23H30N2OS/c1-22(2)14-18(15-23(3,4)25-22)24-21(26)19-12-8-9-13-20(19)27-16-17-10-6-5-7-11-17/h5-13,18,25H,14-16H2,1-4H3,(H,24,26)/p+1. The monoisotopic (exact) mass is 383 g/mol. The zero-order chi connectivity index (χ0) is 19.5. The van der Waals surface area contributed by atoms with E-state index >= 15 is 0 Å². The quantitative estimate of drug-likeness (QED) is 0.767. The number of quaternary nitrogens is 1. The lowest BCUT2D eigenvalue weighted by Gasteiger charge is -2.43. The number of nitrogens with two attached hydrogens (primary N) is 1. The second kappa shape index (κ2) is 8.07. The Labute approximate surface area is 167 Å². The van der Waals surface area contributed by atoms with Gasteiger partial charge in [-0.15, -0.1) is 11.8 Å². The van der Waals surface area contributed by atoms with Gasteiger partial charge in [0.2, 0.25) is 0 Å². The first-order valence-electron chi connectivity index (χ1n) is 9.68. The van der Waals surface area contributed by atoms with Crippen LogP contribution in [0.25, 0.3) is 0 Å². The van der Waals surface area contributed by atoms with Crippen LogP contribution in [0, 0.1) is 0 Å². The third-order valence-electron chi connectivity index (χ3n) is 5.03. The van der Waals surface area contributed by atoms with Crippen molar-refractivity contribution in [3.05, 3.63) is 65.7 Å². The summed E-state index contributed by atoms with van der Waals surface area (Å²) in [6.45, 7) is 9.04. The highest BCUT2D eigenvalue weighted by Gasteiger charge is 2.42. The van der Waals surface area contributed by atoms with Gasteiger partial charge < -0.3 is 10.6 Å². The van der Waals surface area contributed by atoms with E-state index in [0.717, 1.165) is 29.1 Å². The number of carbonyl (C=O) groups excluding carboxylic acids is 1. The predicted molar refractivity (Wildman–Crippen MR) is 113 cm³/mol. The lowest BCUT2D eigenvalue weighted by atomic mass is 9.79. The van der Waals surface area contributed by atoms with Crippen molar-refractivity contribution in [1.29, 1.82) is 0 Å². The maximum atomic E-state index is 13.0. The van der Waals surface area contributed by atoms with Crippen LogP contribution in [-0.2, 0) is 5.75 Å². The Morgan fingerprint density at radius 3 is 2.26 bits per heavy atom. The Kier molecular flexibility index (Phi) is 5.97. The predicted octanol–water partition coefficient (Wildman–Crippen LogP) is 3.99. The van der Waals surface area contributed by atoms with Gasteiger partial charge in [-0.3, -0.25) is 4.79 Å². The van der Waals surface area contributed by atoms with Gasteiger partial charge in [0.1, 0.15) is 0 Å². The molecule has 0 aliphatic carbocycles. The average Bonchev–Trinajstić information content (AvgIpc) is 2.58. The van der Waals surface area contributed by atoms with E-state index in [-0.39, 0.29) is 23.0 Å². The summed E-state index contributed by atoms with van der Waals surface area (Å²) in [4.78, 5) is 14.1. The van der Waals surface area contributed by atoms with Crippen molar-refractivity contribution >= 4 is 17.7 Å². The third kappa shape index (κ3) is 5.60. The molecule has 144 valence electrons. The minimum atomic E-state index is 0.0460. The molecule has 2 aromatic carbocycles. The van der Waals surface area contributed by atoms with E-state index in [1.807, 2.05) is 30.3 Å². The molecule has 0 spiro atoms. The fourth-order valence-electron chi connectivity index (χ4n) is 4.40. The summed E-state index contributed by atoms with van der Waals surface area (Å²) in [6.07, 6.45) is 1.98. The summed E-state index contributed by atoms with van der Waals surface area (Å²) >= 11 is 1.72. The molecule has 1 amide bonds. The Bertz CT molecular complexity index is 770. The third-order valence-corrected chi connectivity index (χ3v) is 6.18. The molecule has 1 aliphatic rings. The van der Waals surface area contributed by atoms with Gasteiger partial charge in [-0.25, -0.2) is 0 Å². The second-order valence-corrected chi connectivity index (χ2v) is 9.99. The molecule has 0 unspecified atom stereocenters. The molecule has 27 heavy (non-hydrogen) atoms. The van der Waals surface area contributed by atoms with Gasteiger partial charge in [0, 0.05) is 29.5 Å². The number of benzene rings is 2. The van der Waals surface area contributed by atoms with Crippen LogP contribution in [0.15, 0.2) is 59.5 Å². The van der Waals surface area contributed by atoms with Crippen molar-refractivity contribution in [3.63, 3.8) is 0 Å². The van der Waals surface area contributed by atoms with Gasteiger partial charge in [0.15, 0.2) is 0 Å². The number of rotatable bonds is 5. The molecule has 3 nitrogen and oxygen atoms in total. The van der Waals surface area contributed by atoms with Gasteiger partial charge in [0.25, 0.3) is 5.91 Å². The zero-order valence-electron chi connectivity index (χ0n) is 16.8. The van der Waals surface area contributed by atoms with Crippen LogP contribution >= 0.6 is 11.8 Å². The summed E-state index contributed by atoms with van der Waals surface area (Å²) in [5.41, 5.74) is 2.33.